The third-order valence-electron chi connectivity index (χ3n) is 4.19. The van der Waals surface area contributed by atoms with Gasteiger partial charge in [-0.2, -0.15) is 0 Å². The van der Waals surface area contributed by atoms with Crippen LogP contribution in [0.25, 0.3) is 10.4 Å². The van der Waals surface area contributed by atoms with Crippen LogP contribution >= 0.6 is 22.9 Å². The summed E-state index contributed by atoms with van der Waals surface area (Å²) in [6, 6.07) is 12.1. The topological polar surface area (TPSA) is 79.3 Å². The number of nitrogens with zero attached hydrogens (tertiary/aromatic N) is 1. The molecule has 0 amide bonds. The minimum atomic E-state index is -3.65. The lowest BCUT2D eigenvalue weighted by Crippen LogP contribution is -2.46. The molecular formula is C17H13ClN2O3S2. The monoisotopic (exact) mass is 392 g/mol. The molecule has 2 N–H and O–H groups in total. The van der Waals surface area contributed by atoms with Crippen molar-refractivity contribution >= 4 is 33.0 Å². The quantitative estimate of drug-likeness (QED) is 0.702. The molecule has 0 spiro atoms. The Labute approximate surface area is 154 Å². The van der Waals surface area contributed by atoms with E-state index in [0.29, 0.717) is 16.1 Å². The SMILES string of the molecule is O=S1(=O)NC[C@@](O)(c2ccc(Cl)cc2)c2cc(-c3ccncc3)sc21. The maximum Gasteiger partial charge on any atom is 0.250 e. The Hall–Kier alpha value is -1.77. The van der Waals surface area contributed by atoms with Crippen LogP contribution in [0.2, 0.25) is 5.02 Å². The van der Waals surface area contributed by atoms with Crippen molar-refractivity contribution < 1.29 is 13.5 Å². The van der Waals surface area contributed by atoms with Gasteiger partial charge in [-0.15, -0.1) is 11.3 Å². The van der Waals surface area contributed by atoms with Gasteiger partial charge in [0.25, 0.3) is 10.0 Å². The van der Waals surface area contributed by atoms with Crippen LogP contribution in [0, 0.1) is 0 Å². The van der Waals surface area contributed by atoms with Crippen molar-refractivity contribution in [2.45, 2.75) is 9.81 Å². The number of thiophene rings is 1. The highest BCUT2D eigenvalue weighted by Gasteiger charge is 2.43. The summed E-state index contributed by atoms with van der Waals surface area (Å²) in [7, 11) is -3.65. The van der Waals surface area contributed by atoms with Crippen LogP contribution in [0.15, 0.2) is 59.1 Å². The average molecular weight is 393 g/mol. The second-order valence-corrected chi connectivity index (χ2v) is 9.19. The number of halogens is 1. The van der Waals surface area contributed by atoms with Crippen molar-refractivity contribution in [3.05, 3.63) is 71.0 Å². The van der Waals surface area contributed by atoms with Gasteiger partial charge in [0.2, 0.25) is 0 Å². The summed E-state index contributed by atoms with van der Waals surface area (Å²) in [4.78, 5) is 4.73. The highest BCUT2D eigenvalue weighted by molar-refractivity contribution is 7.91. The first kappa shape index (κ1) is 16.7. The first-order valence-electron chi connectivity index (χ1n) is 7.43. The average Bonchev–Trinajstić information content (AvgIpc) is 3.08. The summed E-state index contributed by atoms with van der Waals surface area (Å²) < 4.78 is 27.5. The van der Waals surface area contributed by atoms with Crippen LogP contribution in [-0.4, -0.2) is 25.1 Å². The number of aromatic nitrogens is 1. The van der Waals surface area contributed by atoms with Crippen molar-refractivity contribution in [2.75, 3.05) is 6.54 Å². The molecule has 2 aromatic heterocycles. The lowest BCUT2D eigenvalue weighted by atomic mass is 9.87. The van der Waals surface area contributed by atoms with Crippen molar-refractivity contribution in [1.82, 2.24) is 9.71 Å². The van der Waals surface area contributed by atoms with Crippen LogP contribution in [-0.2, 0) is 15.6 Å². The summed E-state index contributed by atoms with van der Waals surface area (Å²) in [6.45, 7) is -0.128. The van der Waals surface area contributed by atoms with Crippen LogP contribution < -0.4 is 4.72 Å². The predicted molar refractivity (Wildman–Crippen MR) is 97.2 cm³/mol. The highest BCUT2D eigenvalue weighted by atomic mass is 35.5. The van der Waals surface area contributed by atoms with E-state index >= 15 is 0 Å². The molecule has 0 saturated carbocycles. The number of hydrogen-bond acceptors (Lipinski definition) is 5. The number of benzene rings is 1. The molecular weight excluding hydrogens is 380 g/mol. The van der Waals surface area contributed by atoms with E-state index in [2.05, 4.69) is 9.71 Å². The molecule has 0 bridgehead atoms. The summed E-state index contributed by atoms with van der Waals surface area (Å²) in [5.74, 6) is 0. The summed E-state index contributed by atoms with van der Waals surface area (Å²) >= 11 is 7.06. The van der Waals surface area contributed by atoms with Gasteiger partial charge in [0.05, 0.1) is 0 Å². The number of aliphatic hydroxyl groups is 1. The lowest BCUT2D eigenvalue weighted by molar-refractivity contribution is 0.0809. The number of rotatable bonds is 2. The van der Waals surface area contributed by atoms with E-state index in [1.54, 1.807) is 54.9 Å². The molecule has 128 valence electrons. The Kier molecular flexibility index (Phi) is 3.93. The van der Waals surface area contributed by atoms with Crippen molar-refractivity contribution in [3.63, 3.8) is 0 Å². The molecule has 5 nitrogen and oxygen atoms in total. The number of sulfonamides is 1. The molecule has 1 aliphatic rings. The van der Waals surface area contributed by atoms with Crippen LogP contribution in [0.3, 0.4) is 0 Å². The smallest absolute Gasteiger partial charge is 0.250 e. The zero-order chi connectivity index (χ0) is 17.7. The Morgan fingerprint density at radius 1 is 1.16 bits per heavy atom. The standard InChI is InChI=1S/C17H13ClN2O3S2/c18-13-3-1-12(2-4-13)17(21)10-20-25(22,23)16-14(17)9-15(24-16)11-5-7-19-8-6-11/h1-9,20-21H,10H2/t17-/m1/s1. The van der Waals surface area contributed by atoms with Crippen LogP contribution in [0.5, 0.6) is 0 Å². The normalized spacial score (nSPS) is 21.7. The van der Waals surface area contributed by atoms with Gasteiger partial charge >= 0.3 is 0 Å². The van der Waals surface area contributed by atoms with Crippen LogP contribution in [0.1, 0.15) is 11.1 Å². The molecule has 4 rings (SSSR count). The number of pyridine rings is 1. The molecule has 25 heavy (non-hydrogen) atoms. The van der Waals surface area contributed by atoms with Gasteiger partial charge in [-0.1, -0.05) is 23.7 Å². The van der Waals surface area contributed by atoms with Gasteiger partial charge in [-0.05, 0) is 41.5 Å². The Morgan fingerprint density at radius 3 is 2.52 bits per heavy atom. The van der Waals surface area contributed by atoms with E-state index in [4.69, 9.17) is 11.6 Å². The fourth-order valence-electron chi connectivity index (χ4n) is 2.86. The fourth-order valence-corrected chi connectivity index (χ4v) is 5.89. The third kappa shape index (κ3) is 2.78. The maximum atomic E-state index is 12.4. The molecule has 0 aliphatic carbocycles. The molecule has 0 saturated heterocycles. The third-order valence-corrected chi connectivity index (χ3v) is 7.56. The van der Waals surface area contributed by atoms with Gasteiger partial charge in [-0.25, -0.2) is 13.1 Å². The van der Waals surface area contributed by atoms with Gasteiger partial charge in [-0.3, -0.25) is 4.98 Å². The second kappa shape index (κ2) is 5.89. The largest absolute Gasteiger partial charge is 0.379 e. The van der Waals surface area contributed by atoms with E-state index in [1.807, 2.05) is 0 Å². The van der Waals surface area contributed by atoms with E-state index in [1.165, 1.54) is 0 Å². The van der Waals surface area contributed by atoms with Crippen LogP contribution in [0.4, 0.5) is 0 Å². The number of β-amino-alcohol motifs (C(OH)–C–C–N with tert-alkyl or cyclic N) is 1. The molecule has 0 radical (unpaired) electrons. The summed E-state index contributed by atoms with van der Waals surface area (Å²) in [6.07, 6.45) is 3.29. The van der Waals surface area contributed by atoms with Crippen molar-refractivity contribution in [1.29, 1.82) is 0 Å². The molecule has 3 heterocycles. The molecule has 0 fully saturated rings. The first-order valence-corrected chi connectivity index (χ1v) is 10.1. The lowest BCUT2D eigenvalue weighted by Gasteiger charge is -2.33. The van der Waals surface area contributed by atoms with Gasteiger partial charge in [0.1, 0.15) is 9.81 Å². The van der Waals surface area contributed by atoms with Gasteiger partial charge in [0.15, 0.2) is 0 Å². The van der Waals surface area contributed by atoms with Gasteiger partial charge < -0.3 is 5.11 Å². The molecule has 3 aromatic rings. The maximum absolute atomic E-state index is 12.4. The van der Waals surface area contributed by atoms with Crippen molar-refractivity contribution in [3.8, 4) is 10.4 Å². The van der Waals surface area contributed by atoms with Crippen molar-refractivity contribution in [2.24, 2.45) is 0 Å². The number of fused-ring (bicyclic) bond motifs is 1. The molecule has 8 heteroatoms. The molecule has 1 aliphatic heterocycles. The Morgan fingerprint density at radius 2 is 1.84 bits per heavy atom. The van der Waals surface area contributed by atoms with Gasteiger partial charge in [0, 0.05) is 34.4 Å². The highest BCUT2D eigenvalue weighted by Crippen LogP contribution is 2.44. The minimum Gasteiger partial charge on any atom is -0.379 e. The second-order valence-electron chi connectivity index (χ2n) is 5.74. The predicted octanol–water partition coefficient (Wildman–Crippen LogP) is 2.99. The zero-order valence-corrected chi connectivity index (χ0v) is 15.2. The molecule has 1 aromatic carbocycles. The molecule has 0 unspecified atom stereocenters. The fraction of sp³-hybridized carbons (Fsp3) is 0.118. The Balaban J connectivity index is 1.92. The molecule has 1 atom stereocenters. The first-order chi connectivity index (χ1) is 11.9. The van der Waals surface area contributed by atoms with E-state index in [9.17, 15) is 13.5 Å². The zero-order valence-electron chi connectivity index (χ0n) is 12.8. The Bertz CT molecular complexity index is 1030. The van der Waals surface area contributed by atoms with E-state index in [0.717, 1.165) is 21.8 Å². The summed E-state index contributed by atoms with van der Waals surface area (Å²) in [5.41, 5.74) is 0.362. The summed E-state index contributed by atoms with van der Waals surface area (Å²) in [5, 5.41) is 11.9. The number of nitrogens with one attached hydrogen (secondary N) is 1. The van der Waals surface area contributed by atoms with E-state index in [-0.39, 0.29) is 10.8 Å². The number of hydrogen-bond donors (Lipinski definition) is 2. The minimum absolute atomic E-state index is 0.128. The van der Waals surface area contributed by atoms with E-state index < -0.39 is 15.6 Å².